The largest absolute Gasteiger partial charge is 0.366 e. The summed E-state index contributed by atoms with van der Waals surface area (Å²) in [7, 11) is 0. The van der Waals surface area contributed by atoms with Gasteiger partial charge in [0.25, 0.3) is 11.8 Å². The lowest BCUT2D eigenvalue weighted by molar-refractivity contribution is 0.0961. The van der Waals surface area contributed by atoms with Crippen LogP contribution in [0.5, 0.6) is 0 Å². The zero-order chi connectivity index (χ0) is 26.3. The van der Waals surface area contributed by atoms with E-state index in [0.717, 1.165) is 16.6 Å². The number of aromatic nitrogens is 2. The third-order valence-corrected chi connectivity index (χ3v) is 6.34. The number of hydrogen-bond donors (Lipinski definition) is 2. The summed E-state index contributed by atoms with van der Waals surface area (Å²) in [5.74, 6) is -1.30. The molecule has 0 spiro atoms. The van der Waals surface area contributed by atoms with Gasteiger partial charge in [0, 0.05) is 33.3 Å². The van der Waals surface area contributed by atoms with Crippen molar-refractivity contribution < 1.29 is 19.2 Å². The molecule has 4 bridgehead atoms. The predicted octanol–water partition coefficient (Wildman–Crippen LogP) is 4.39. The molecule has 0 saturated carbocycles. The van der Waals surface area contributed by atoms with Crippen molar-refractivity contribution in [3.05, 3.63) is 118 Å². The summed E-state index contributed by atoms with van der Waals surface area (Å²) in [5, 5.41) is 0.555. The minimum Gasteiger partial charge on any atom is -0.366 e. The zero-order valence-electron chi connectivity index (χ0n) is 19.2. The van der Waals surface area contributed by atoms with Crippen molar-refractivity contribution in [1.82, 2.24) is 9.13 Å². The van der Waals surface area contributed by atoms with E-state index in [0.29, 0.717) is 32.8 Å². The minimum atomic E-state index is -0.518. The molecule has 6 aromatic rings. The van der Waals surface area contributed by atoms with Crippen LogP contribution in [0.3, 0.4) is 0 Å². The van der Waals surface area contributed by atoms with E-state index in [-0.39, 0.29) is 11.8 Å². The summed E-state index contributed by atoms with van der Waals surface area (Å²) in [6, 6.07) is 25.5. The van der Waals surface area contributed by atoms with E-state index in [9.17, 15) is 19.2 Å². The maximum atomic E-state index is 12.4. The number of benzene rings is 4. The zero-order valence-corrected chi connectivity index (χ0v) is 20.0. The molecule has 0 aliphatic carbocycles. The van der Waals surface area contributed by atoms with E-state index in [4.69, 9.17) is 23.1 Å². The summed E-state index contributed by atoms with van der Waals surface area (Å²) in [5.41, 5.74) is 15.3. The molecule has 4 heterocycles. The third-order valence-electron chi connectivity index (χ3n) is 6.04. The van der Waals surface area contributed by atoms with Gasteiger partial charge in [-0.3, -0.25) is 28.3 Å². The lowest BCUT2D eigenvalue weighted by Gasteiger charge is -2.03. The Hall–Kier alpha value is -4.95. The van der Waals surface area contributed by atoms with E-state index in [1.807, 2.05) is 30.3 Å². The van der Waals surface area contributed by atoms with Crippen molar-refractivity contribution in [3.8, 4) is 0 Å². The van der Waals surface area contributed by atoms with Crippen molar-refractivity contribution >= 4 is 57.3 Å². The van der Waals surface area contributed by atoms with Crippen molar-refractivity contribution in [2.75, 3.05) is 0 Å². The first kappa shape index (κ1) is 23.8. The molecule has 0 fully saturated rings. The molecule has 0 aliphatic rings. The Balaban J connectivity index is 0.000000152. The Kier molecular flexibility index (Phi) is 5.95. The summed E-state index contributed by atoms with van der Waals surface area (Å²) < 4.78 is 3.18. The van der Waals surface area contributed by atoms with Crippen LogP contribution in [0.2, 0.25) is 5.02 Å². The molecule has 2 amide bonds. The molecular formula is C28H19ClN4O4. The van der Waals surface area contributed by atoms with Gasteiger partial charge in [0.05, 0.1) is 16.1 Å². The highest BCUT2D eigenvalue weighted by atomic mass is 35.5. The molecule has 182 valence electrons. The van der Waals surface area contributed by atoms with Gasteiger partial charge in [0.15, 0.2) is 0 Å². The van der Waals surface area contributed by atoms with Crippen LogP contribution in [-0.2, 0) is 0 Å². The molecule has 0 atom stereocenters. The quantitative estimate of drug-likeness (QED) is 0.364. The van der Waals surface area contributed by atoms with Gasteiger partial charge < -0.3 is 11.5 Å². The van der Waals surface area contributed by atoms with E-state index in [1.54, 1.807) is 57.7 Å². The molecule has 9 heteroatoms. The maximum Gasteiger partial charge on any atom is 0.262 e. The third kappa shape index (κ3) is 4.30. The van der Waals surface area contributed by atoms with Gasteiger partial charge in [-0.05, 0) is 91.0 Å². The van der Waals surface area contributed by atoms with Gasteiger partial charge >= 0.3 is 0 Å². The van der Waals surface area contributed by atoms with Gasteiger partial charge in [-0.25, -0.2) is 0 Å². The number of nitrogens with zero attached hydrogens (tertiary/aromatic N) is 2. The molecule has 8 nitrogen and oxygen atoms in total. The highest BCUT2D eigenvalue weighted by molar-refractivity contribution is 6.35. The standard InChI is InChI=1S/C14H9ClN2O2.C14H10N2O2/c15-11-7-10-5-6-12(11)17(10)14(19)9-3-1-8(2-4-9)13(16)18;15-13(17)9-1-3-10(4-2-9)14(18)16-11-5-6-12(16)8-7-11/h1-7H,(H2,16,18);1-8H,(H2,15,17). The second kappa shape index (κ2) is 9.25. The fourth-order valence-electron chi connectivity index (χ4n) is 4.13. The SMILES string of the molecule is NC(=O)c1ccc(C(=O)n2c3ccc2c(Cl)c3)cc1.NC(=O)c1ccc(C(=O)n2c3ccc2cc3)cc1. The van der Waals surface area contributed by atoms with E-state index in [1.165, 1.54) is 12.1 Å². The Morgan fingerprint density at radius 3 is 1.24 bits per heavy atom. The lowest BCUT2D eigenvalue weighted by Crippen LogP contribution is -2.13. The minimum absolute atomic E-state index is 0.106. The van der Waals surface area contributed by atoms with Crippen LogP contribution in [0.4, 0.5) is 0 Å². The van der Waals surface area contributed by atoms with Gasteiger partial charge in [0.2, 0.25) is 11.8 Å². The molecule has 4 aromatic heterocycles. The Morgan fingerprint density at radius 2 is 0.892 bits per heavy atom. The molecule has 0 aliphatic heterocycles. The summed E-state index contributed by atoms with van der Waals surface area (Å²) in [6.07, 6.45) is 0. The van der Waals surface area contributed by atoms with Crippen molar-refractivity contribution in [2.24, 2.45) is 11.5 Å². The number of halogens is 1. The first-order chi connectivity index (χ1) is 17.7. The average molecular weight is 511 g/mol. The molecule has 0 saturated heterocycles. The number of amides is 2. The number of nitrogens with two attached hydrogens (primary N) is 2. The smallest absolute Gasteiger partial charge is 0.262 e. The topological polar surface area (TPSA) is 130 Å². The highest BCUT2D eigenvalue weighted by Crippen LogP contribution is 2.28. The van der Waals surface area contributed by atoms with Gasteiger partial charge in [-0.2, -0.15) is 0 Å². The lowest BCUT2D eigenvalue weighted by atomic mass is 10.1. The molecule has 0 unspecified atom stereocenters. The average Bonchev–Trinajstić information content (AvgIpc) is 3.68. The van der Waals surface area contributed by atoms with Crippen LogP contribution in [-0.4, -0.2) is 32.8 Å². The monoisotopic (exact) mass is 510 g/mol. The summed E-state index contributed by atoms with van der Waals surface area (Å²) in [6.45, 7) is 0. The molecular weight excluding hydrogens is 492 g/mol. The highest BCUT2D eigenvalue weighted by Gasteiger charge is 2.17. The van der Waals surface area contributed by atoms with Gasteiger partial charge in [0.1, 0.15) is 0 Å². The summed E-state index contributed by atoms with van der Waals surface area (Å²) >= 11 is 6.00. The Labute approximate surface area is 215 Å². The van der Waals surface area contributed by atoms with E-state index < -0.39 is 11.8 Å². The summed E-state index contributed by atoms with van der Waals surface area (Å²) in [4.78, 5) is 46.6. The molecule has 0 radical (unpaired) electrons. The molecule has 37 heavy (non-hydrogen) atoms. The first-order valence-electron chi connectivity index (χ1n) is 11.1. The molecule has 6 rings (SSSR count). The van der Waals surface area contributed by atoms with E-state index >= 15 is 0 Å². The number of carbonyl (C=O) groups excluding carboxylic acids is 4. The first-order valence-corrected chi connectivity index (χ1v) is 11.5. The Morgan fingerprint density at radius 1 is 0.514 bits per heavy atom. The normalized spacial score (nSPS) is 10.9. The van der Waals surface area contributed by atoms with Gasteiger partial charge in [-0.1, -0.05) is 11.6 Å². The second-order valence-corrected chi connectivity index (χ2v) is 8.72. The molecule has 4 N–H and O–H groups in total. The van der Waals surface area contributed by atoms with Crippen LogP contribution >= 0.6 is 11.6 Å². The van der Waals surface area contributed by atoms with Crippen LogP contribution < -0.4 is 11.5 Å². The fourth-order valence-corrected chi connectivity index (χ4v) is 4.39. The van der Waals surface area contributed by atoms with Crippen molar-refractivity contribution in [2.45, 2.75) is 0 Å². The number of fused-ring (bicyclic) bond motifs is 4. The number of hydrogen-bond acceptors (Lipinski definition) is 4. The van der Waals surface area contributed by atoms with Crippen molar-refractivity contribution in [1.29, 1.82) is 0 Å². The van der Waals surface area contributed by atoms with Crippen molar-refractivity contribution in [3.63, 3.8) is 0 Å². The van der Waals surface area contributed by atoms with Gasteiger partial charge in [-0.15, -0.1) is 0 Å². The number of rotatable bonds is 4. The van der Waals surface area contributed by atoms with Crippen LogP contribution in [0.15, 0.2) is 91.0 Å². The Bertz CT molecular complexity index is 1720. The van der Waals surface area contributed by atoms with Crippen LogP contribution in [0, 0.1) is 0 Å². The van der Waals surface area contributed by atoms with Crippen LogP contribution in [0.25, 0.3) is 22.1 Å². The second-order valence-electron chi connectivity index (χ2n) is 8.32. The maximum absolute atomic E-state index is 12.4. The van der Waals surface area contributed by atoms with Crippen LogP contribution in [0.1, 0.15) is 41.4 Å². The molecule has 2 aromatic carbocycles. The number of carbonyl (C=O) groups is 4. The number of primary amides is 2. The fraction of sp³-hybridized carbons (Fsp3) is 0. The van der Waals surface area contributed by atoms with E-state index in [2.05, 4.69) is 0 Å². The predicted molar refractivity (Wildman–Crippen MR) is 141 cm³/mol.